The minimum atomic E-state index is -0.0345. The van der Waals surface area contributed by atoms with Crippen LogP contribution in [0.4, 0.5) is 11.5 Å². The SMILES string of the molecule is O=c1cc(N2CCOCC2)cc(N2CCCC2c2ccccc2)[nH]1. The van der Waals surface area contributed by atoms with Crippen molar-refractivity contribution < 1.29 is 4.74 Å². The standard InChI is InChI=1S/C19H23N3O2/c23-19-14-16(21-9-11-24-12-10-21)13-18(20-19)22-8-4-7-17(22)15-5-2-1-3-6-15/h1-3,5-6,13-14,17H,4,7-12H2,(H,20,23). The molecule has 5 heteroatoms. The lowest BCUT2D eigenvalue weighted by Crippen LogP contribution is -2.37. The Bertz CT molecular complexity index is 738. The molecule has 1 atom stereocenters. The van der Waals surface area contributed by atoms with Gasteiger partial charge in [-0.3, -0.25) is 4.79 Å². The molecule has 3 heterocycles. The van der Waals surface area contributed by atoms with E-state index >= 15 is 0 Å². The summed E-state index contributed by atoms with van der Waals surface area (Å²) in [4.78, 5) is 19.8. The van der Waals surface area contributed by atoms with E-state index in [0.29, 0.717) is 6.04 Å². The zero-order valence-corrected chi connectivity index (χ0v) is 13.8. The number of pyridine rings is 1. The predicted molar refractivity (Wildman–Crippen MR) is 95.9 cm³/mol. The van der Waals surface area contributed by atoms with Crippen molar-refractivity contribution in [2.75, 3.05) is 42.6 Å². The van der Waals surface area contributed by atoms with Crippen LogP contribution in [0.25, 0.3) is 0 Å². The van der Waals surface area contributed by atoms with Gasteiger partial charge in [-0.25, -0.2) is 0 Å². The van der Waals surface area contributed by atoms with E-state index in [4.69, 9.17) is 4.74 Å². The molecule has 0 aliphatic carbocycles. The molecule has 0 amide bonds. The summed E-state index contributed by atoms with van der Waals surface area (Å²) < 4.78 is 5.42. The number of hydrogen-bond acceptors (Lipinski definition) is 4. The molecule has 5 nitrogen and oxygen atoms in total. The molecule has 1 unspecified atom stereocenters. The molecule has 2 aliphatic rings. The Morgan fingerprint density at radius 3 is 2.62 bits per heavy atom. The quantitative estimate of drug-likeness (QED) is 0.942. The summed E-state index contributed by atoms with van der Waals surface area (Å²) in [5.74, 6) is 0.926. The lowest BCUT2D eigenvalue weighted by Gasteiger charge is -2.31. The molecule has 2 aromatic rings. The molecule has 2 saturated heterocycles. The van der Waals surface area contributed by atoms with Gasteiger partial charge >= 0.3 is 0 Å². The van der Waals surface area contributed by atoms with Crippen LogP contribution in [0.15, 0.2) is 47.3 Å². The first kappa shape index (κ1) is 15.3. The van der Waals surface area contributed by atoms with Gasteiger partial charge in [0.2, 0.25) is 0 Å². The number of aromatic nitrogens is 1. The highest BCUT2D eigenvalue weighted by Crippen LogP contribution is 2.35. The minimum Gasteiger partial charge on any atom is -0.378 e. The molecule has 1 aromatic heterocycles. The van der Waals surface area contributed by atoms with Gasteiger partial charge in [-0.15, -0.1) is 0 Å². The second-order valence-electron chi connectivity index (χ2n) is 6.45. The number of morpholine rings is 1. The van der Waals surface area contributed by atoms with Gasteiger partial charge in [-0.05, 0) is 18.4 Å². The van der Waals surface area contributed by atoms with E-state index in [-0.39, 0.29) is 5.56 Å². The number of benzene rings is 1. The van der Waals surface area contributed by atoms with Gasteiger partial charge in [0.25, 0.3) is 5.56 Å². The van der Waals surface area contributed by atoms with Crippen LogP contribution in [-0.4, -0.2) is 37.8 Å². The van der Waals surface area contributed by atoms with Crippen LogP contribution in [0, 0.1) is 0 Å². The Kier molecular flexibility index (Phi) is 4.26. The van der Waals surface area contributed by atoms with Gasteiger partial charge in [0.15, 0.2) is 0 Å². The largest absolute Gasteiger partial charge is 0.378 e. The first-order valence-electron chi connectivity index (χ1n) is 8.70. The molecule has 1 N–H and O–H groups in total. The zero-order chi connectivity index (χ0) is 16.4. The van der Waals surface area contributed by atoms with Crippen molar-refractivity contribution in [1.29, 1.82) is 0 Å². The van der Waals surface area contributed by atoms with Gasteiger partial charge in [-0.1, -0.05) is 30.3 Å². The van der Waals surface area contributed by atoms with Crippen LogP contribution in [-0.2, 0) is 4.74 Å². The lowest BCUT2D eigenvalue weighted by atomic mass is 10.0. The number of hydrogen-bond donors (Lipinski definition) is 1. The second-order valence-corrected chi connectivity index (χ2v) is 6.45. The molecule has 0 spiro atoms. The van der Waals surface area contributed by atoms with Crippen molar-refractivity contribution in [2.45, 2.75) is 18.9 Å². The highest BCUT2D eigenvalue weighted by atomic mass is 16.5. The summed E-state index contributed by atoms with van der Waals surface area (Å²) in [6.07, 6.45) is 2.26. The molecule has 2 aliphatic heterocycles. The molecule has 0 radical (unpaired) electrons. The first-order chi connectivity index (χ1) is 11.8. The van der Waals surface area contributed by atoms with Gasteiger partial charge in [0.05, 0.1) is 19.3 Å². The van der Waals surface area contributed by atoms with Crippen LogP contribution in [0.1, 0.15) is 24.4 Å². The molecule has 0 saturated carbocycles. The van der Waals surface area contributed by atoms with Crippen LogP contribution < -0.4 is 15.4 Å². The highest BCUT2D eigenvalue weighted by Gasteiger charge is 2.27. The fourth-order valence-electron chi connectivity index (χ4n) is 3.75. The van der Waals surface area contributed by atoms with Gasteiger partial charge < -0.3 is 19.5 Å². The first-order valence-corrected chi connectivity index (χ1v) is 8.70. The number of nitrogens with one attached hydrogen (secondary N) is 1. The van der Waals surface area contributed by atoms with E-state index in [1.807, 2.05) is 6.07 Å². The highest BCUT2D eigenvalue weighted by molar-refractivity contribution is 5.56. The minimum absolute atomic E-state index is 0.0345. The normalized spacial score (nSPS) is 21.2. The topological polar surface area (TPSA) is 48.6 Å². The van der Waals surface area contributed by atoms with Crippen LogP contribution in [0.2, 0.25) is 0 Å². The molecule has 2 fully saturated rings. The van der Waals surface area contributed by atoms with Crippen LogP contribution >= 0.6 is 0 Å². The molecular weight excluding hydrogens is 302 g/mol. The monoisotopic (exact) mass is 325 g/mol. The predicted octanol–water partition coefficient (Wildman–Crippen LogP) is 2.55. The average molecular weight is 325 g/mol. The van der Waals surface area contributed by atoms with Crippen molar-refractivity contribution in [3.63, 3.8) is 0 Å². The Balaban J connectivity index is 1.65. The smallest absolute Gasteiger partial charge is 0.251 e. The average Bonchev–Trinajstić information content (AvgIpc) is 3.12. The molecule has 1 aromatic carbocycles. The van der Waals surface area contributed by atoms with Crippen molar-refractivity contribution in [1.82, 2.24) is 4.98 Å². The maximum atomic E-state index is 12.2. The number of aromatic amines is 1. The number of rotatable bonds is 3. The van der Waals surface area contributed by atoms with Crippen LogP contribution in [0.5, 0.6) is 0 Å². The number of ether oxygens (including phenoxy) is 1. The third-order valence-corrected chi connectivity index (χ3v) is 4.94. The van der Waals surface area contributed by atoms with Crippen molar-refractivity contribution in [3.8, 4) is 0 Å². The Morgan fingerprint density at radius 1 is 1.04 bits per heavy atom. The van der Waals surface area contributed by atoms with E-state index in [2.05, 4.69) is 45.1 Å². The fraction of sp³-hybridized carbons (Fsp3) is 0.421. The lowest BCUT2D eigenvalue weighted by molar-refractivity contribution is 0.122. The number of anilines is 2. The Labute approximate surface area is 141 Å². The third-order valence-electron chi connectivity index (χ3n) is 4.94. The maximum Gasteiger partial charge on any atom is 0.251 e. The molecular formula is C19H23N3O2. The van der Waals surface area contributed by atoms with Crippen molar-refractivity contribution in [3.05, 3.63) is 58.4 Å². The summed E-state index contributed by atoms with van der Waals surface area (Å²) in [6.45, 7) is 4.09. The second kappa shape index (κ2) is 6.69. The van der Waals surface area contributed by atoms with E-state index in [1.54, 1.807) is 6.07 Å². The summed E-state index contributed by atoms with van der Waals surface area (Å²) in [5, 5.41) is 0. The van der Waals surface area contributed by atoms with Crippen molar-refractivity contribution >= 4 is 11.5 Å². The molecule has 126 valence electrons. The van der Waals surface area contributed by atoms with Gasteiger partial charge in [0.1, 0.15) is 5.82 Å². The van der Waals surface area contributed by atoms with Crippen molar-refractivity contribution in [2.24, 2.45) is 0 Å². The molecule has 24 heavy (non-hydrogen) atoms. The van der Waals surface area contributed by atoms with E-state index in [9.17, 15) is 4.79 Å². The molecule has 4 rings (SSSR count). The van der Waals surface area contributed by atoms with E-state index < -0.39 is 0 Å². The summed E-state index contributed by atoms with van der Waals surface area (Å²) in [5.41, 5.74) is 2.27. The number of H-pyrrole nitrogens is 1. The van der Waals surface area contributed by atoms with Crippen LogP contribution in [0.3, 0.4) is 0 Å². The maximum absolute atomic E-state index is 12.2. The van der Waals surface area contributed by atoms with E-state index in [1.165, 1.54) is 5.56 Å². The zero-order valence-electron chi connectivity index (χ0n) is 13.8. The Morgan fingerprint density at radius 2 is 1.83 bits per heavy atom. The van der Waals surface area contributed by atoms with Gasteiger partial charge in [0, 0.05) is 37.5 Å². The summed E-state index contributed by atoms with van der Waals surface area (Å²) >= 11 is 0. The third kappa shape index (κ3) is 3.04. The fourth-order valence-corrected chi connectivity index (χ4v) is 3.75. The molecule has 0 bridgehead atoms. The summed E-state index contributed by atoms with van der Waals surface area (Å²) in [6, 6.07) is 14.7. The number of nitrogens with zero attached hydrogens (tertiary/aromatic N) is 2. The van der Waals surface area contributed by atoms with E-state index in [0.717, 1.165) is 57.2 Å². The Hall–Kier alpha value is -2.27. The van der Waals surface area contributed by atoms with Gasteiger partial charge in [-0.2, -0.15) is 0 Å². The summed E-state index contributed by atoms with van der Waals surface area (Å²) in [7, 11) is 0.